The fourth-order valence-electron chi connectivity index (χ4n) is 3.76. The zero-order valence-electron chi connectivity index (χ0n) is 18.4. The van der Waals surface area contributed by atoms with E-state index in [-0.39, 0.29) is 18.2 Å². The molecule has 0 radical (unpaired) electrons. The Balaban J connectivity index is 1.57. The molecule has 3 heterocycles. The fraction of sp³-hybridized carbons (Fsp3) is 0.435. The highest BCUT2D eigenvalue weighted by Gasteiger charge is 2.41. The second-order valence-corrected chi connectivity index (χ2v) is 8.81. The Morgan fingerprint density at radius 3 is 2.61 bits per heavy atom. The summed E-state index contributed by atoms with van der Waals surface area (Å²) in [6, 6.07) is 11.7. The number of hydrogen-bond donors (Lipinski definition) is 0. The minimum Gasteiger partial charge on any atom is -0.444 e. The summed E-state index contributed by atoms with van der Waals surface area (Å²) in [7, 11) is 1.87. The normalized spacial score (nSPS) is 19.0. The van der Waals surface area contributed by atoms with Crippen molar-refractivity contribution < 1.29 is 14.3 Å². The second-order valence-electron chi connectivity index (χ2n) is 8.81. The Kier molecular flexibility index (Phi) is 5.82. The highest BCUT2D eigenvalue weighted by molar-refractivity contribution is 5.69. The van der Waals surface area contributed by atoms with Crippen molar-refractivity contribution in [1.82, 2.24) is 24.2 Å². The van der Waals surface area contributed by atoms with E-state index in [1.54, 1.807) is 15.8 Å². The van der Waals surface area contributed by atoms with Crippen molar-refractivity contribution in [3.8, 4) is 5.82 Å². The summed E-state index contributed by atoms with van der Waals surface area (Å²) in [5.41, 5.74) is 0.519. The first kappa shape index (κ1) is 21.1. The number of aromatic nitrogens is 4. The number of ether oxygens (including phenoxy) is 2. The molecule has 3 aromatic rings. The van der Waals surface area contributed by atoms with E-state index in [2.05, 4.69) is 10.1 Å². The van der Waals surface area contributed by atoms with Gasteiger partial charge in [0.15, 0.2) is 5.82 Å². The summed E-state index contributed by atoms with van der Waals surface area (Å²) in [4.78, 5) is 19.3. The quantitative estimate of drug-likeness (QED) is 0.623. The molecular formula is C23H29N5O3. The number of nitrogens with zero attached hydrogens (tertiary/aromatic N) is 5. The first-order valence-corrected chi connectivity index (χ1v) is 10.5. The smallest absolute Gasteiger partial charge is 0.411 e. The molecular weight excluding hydrogens is 394 g/mol. The van der Waals surface area contributed by atoms with Gasteiger partial charge in [0.05, 0.1) is 25.3 Å². The molecule has 0 aliphatic carbocycles. The molecule has 0 unspecified atom stereocenters. The number of aryl methyl sites for hydroxylation is 1. The third-order valence-corrected chi connectivity index (χ3v) is 5.13. The van der Waals surface area contributed by atoms with Crippen LogP contribution in [0.25, 0.3) is 5.82 Å². The number of carbonyl (C=O) groups excluding carboxylic acids is 1. The van der Waals surface area contributed by atoms with E-state index < -0.39 is 5.60 Å². The van der Waals surface area contributed by atoms with Crippen LogP contribution in [0.4, 0.5) is 4.79 Å². The molecule has 1 aromatic carbocycles. The number of benzene rings is 1. The molecule has 0 saturated carbocycles. The molecule has 1 saturated heterocycles. The molecule has 0 bridgehead atoms. The van der Waals surface area contributed by atoms with Gasteiger partial charge in [-0.3, -0.25) is 14.1 Å². The average Bonchev–Trinajstić information content (AvgIpc) is 3.44. The lowest BCUT2D eigenvalue weighted by atomic mass is 10.1. The van der Waals surface area contributed by atoms with Gasteiger partial charge in [-0.2, -0.15) is 5.10 Å². The third-order valence-electron chi connectivity index (χ3n) is 5.13. The van der Waals surface area contributed by atoms with Gasteiger partial charge in [0.1, 0.15) is 11.4 Å². The van der Waals surface area contributed by atoms with Crippen molar-refractivity contribution >= 4 is 6.09 Å². The van der Waals surface area contributed by atoms with Gasteiger partial charge in [-0.25, -0.2) is 9.78 Å². The lowest BCUT2D eigenvalue weighted by Gasteiger charge is -2.28. The molecule has 2 aromatic heterocycles. The Labute approximate surface area is 182 Å². The zero-order valence-corrected chi connectivity index (χ0v) is 18.4. The monoisotopic (exact) mass is 423 g/mol. The predicted molar refractivity (Wildman–Crippen MR) is 116 cm³/mol. The fourth-order valence-corrected chi connectivity index (χ4v) is 3.76. The van der Waals surface area contributed by atoms with Crippen molar-refractivity contribution in [2.24, 2.45) is 7.05 Å². The molecule has 0 spiro atoms. The first-order valence-electron chi connectivity index (χ1n) is 10.5. The Hall–Kier alpha value is -3.13. The van der Waals surface area contributed by atoms with Gasteiger partial charge in [0.2, 0.25) is 0 Å². The summed E-state index contributed by atoms with van der Waals surface area (Å²) in [5.74, 6) is 1.50. The van der Waals surface area contributed by atoms with Crippen LogP contribution < -0.4 is 0 Å². The van der Waals surface area contributed by atoms with Crippen LogP contribution in [0, 0.1) is 0 Å². The molecule has 1 amide bonds. The minimum atomic E-state index is -0.582. The van der Waals surface area contributed by atoms with E-state index >= 15 is 0 Å². The van der Waals surface area contributed by atoms with Crippen LogP contribution in [0.1, 0.15) is 44.6 Å². The number of imidazole rings is 1. The number of hydrogen-bond acceptors (Lipinski definition) is 5. The topological polar surface area (TPSA) is 74.4 Å². The molecule has 31 heavy (non-hydrogen) atoms. The van der Waals surface area contributed by atoms with Crippen LogP contribution in [0.2, 0.25) is 0 Å². The molecule has 4 rings (SSSR count). The maximum Gasteiger partial charge on any atom is 0.411 e. The Bertz CT molecular complexity index is 1020. The van der Waals surface area contributed by atoms with Crippen LogP contribution in [-0.4, -0.2) is 48.6 Å². The highest BCUT2D eigenvalue weighted by atomic mass is 16.6. The Morgan fingerprint density at radius 1 is 1.16 bits per heavy atom. The van der Waals surface area contributed by atoms with E-state index in [1.165, 1.54) is 0 Å². The van der Waals surface area contributed by atoms with E-state index in [0.717, 1.165) is 17.2 Å². The molecule has 164 valence electrons. The third kappa shape index (κ3) is 4.96. The number of rotatable bonds is 5. The van der Waals surface area contributed by atoms with E-state index in [4.69, 9.17) is 9.47 Å². The highest BCUT2D eigenvalue weighted by Crippen LogP contribution is 2.35. The maximum atomic E-state index is 13.0. The molecule has 1 aliphatic rings. The lowest BCUT2D eigenvalue weighted by molar-refractivity contribution is 0.0144. The summed E-state index contributed by atoms with van der Waals surface area (Å²) in [5, 5.41) is 4.48. The van der Waals surface area contributed by atoms with Crippen LogP contribution in [0.3, 0.4) is 0 Å². The summed E-state index contributed by atoms with van der Waals surface area (Å²) in [6.07, 6.45) is 5.63. The van der Waals surface area contributed by atoms with E-state index in [0.29, 0.717) is 19.6 Å². The van der Waals surface area contributed by atoms with E-state index in [1.807, 2.05) is 81.2 Å². The molecule has 1 aliphatic heterocycles. The molecule has 2 atom stereocenters. The molecule has 0 N–H and O–H groups in total. The zero-order chi connectivity index (χ0) is 22.0. The van der Waals surface area contributed by atoms with Gasteiger partial charge in [0, 0.05) is 38.1 Å². The van der Waals surface area contributed by atoms with Gasteiger partial charge in [-0.15, -0.1) is 0 Å². The number of carbonyl (C=O) groups is 1. The number of likely N-dealkylation sites (tertiary alicyclic amines) is 1. The van der Waals surface area contributed by atoms with Gasteiger partial charge in [-0.05, 0) is 26.3 Å². The maximum absolute atomic E-state index is 13.0. The second kappa shape index (κ2) is 8.55. The minimum absolute atomic E-state index is 0.119. The van der Waals surface area contributed by atoms with E-state index in [9.17, 15) is 4.79 Å². The molecule has 8 heteroatoms. The van der Waals surface area contributed by atoms with Crippen LogP contribution in [-0.2, 0) is 23.1 Å². The summed E-state index contributed by atoms with van der Waals surface area (Å²) in [6.45, 7) is 6.55. The van der Waals surface area contributed by atoms with Crippen molar-refractivity contribution in [3.63, 3.8) is 0 Å². The average molecular weight is 424 g/mol. The SMILES string of the molecule is Cn1ccc(-n2ccnc2[C@@H]2C[C@H](OCc3ccccc3)CN2C(=O)OC(C)(C)C)n1. The van der Waals surface area contributed by atoms with Crippen molar-refractivity contribution in [2.45, 2.75) is 51.5 Å². The van der Waals surface area contributed by atoms with Crippen molar-refractivity contribution in [2.75, 3.05) is 6.54 Å². The summed E-state index contributed by atoms with van der Waals surface area (Å²) >= 11 is 0. The van der Waals surface area contributed by atoms with Crippen LogP contribution in [0.15, 0.2) is 55.0 Å². The van der Waals surface area contributed by atoms with Crippen molar-refractivity contribution in [3.05, 3.63) is 66.4 Å². The molecule has 1 fully saturated rings. The summed E-state index contributed by atoms with van der Waals surface area (Å²) < 4.78 is 15.5. The van der Waals surface area contributed by atoms with Gasteiger partial charge in [-0.1, -0.05) is 30.3 Å². The largest absolute Gasteiger partial charge is 0.444 e. The lowest BCUT2D eigenvalue weighted by Crippen LogP contribution is -2.38. The van der Waals surface area contributed by atoms with Gasteiger partial charge < -0.3 is 9.47 Å². The first-order chi connectivity index (χ1) is 14.8. The number of amides is 1. The standard InChI is InChI=1S/C23H29N5O3/c1-23(2,3)31-22(29)28-15-18(30-16-17-8-6-5-7-9-17)14-19(28)21-24-11-13-27(21)20-10-12-26(4)25-20/h5-13,18-19H,14-16H2,1-4H3/t18-,19-/m0/s1. The van der Waals surface area contributed by atoms with Gasteiger partial charge in [0.25, 0.3) is 0 Å². The van der Waals surface area contributed by atoms with Crippen LogP contribution in [0.5, 0.6) is 0 Å². The Morgan fingerprint density at radius 2 is 1.94 bits per heavy atom. The molecule has 8 nitrogen and oxygen atoms in total. The van der Waals surface area contributed by atoms with Gasteiger partial charge >= 0.3 is 6.09 Å². The van der Waals surface area contributed by atoms with Crippen LogP contribution >= 0.6 is 0 Å². The van der Waals surface area contributed by atoms with Crippen molar-refractivity contribution in [1.29, 1.82) is 0 Å². The predicted octanol–water partition coefficient (Wildman–Crippen LogP) is 3.87.